The minimum Gasteiger partial charge on any atom is -0.334 e. The highest BCUT2D eigenvalue weighted by Crippen LogP contribution is 2.30. The SMILES string of the molecule is CC1CCCN(C(=O)c2ccc(C(F)(F)F)cc2)C1CN. The van der Waals surface area contributed by atoms with E-state index in [-0.39, 0.29) is 17.5 Å². The Bertz CT molecular complexity index is 499. The monoisotopic (exact) mass is 300 g/mol. The van der Waals surface area contributed by atoms with Gasteiger partial charge in [0, 0.05) is 24.7 Å². The lowest BCUT2D eigenvalue weighted by Gasteiger charge is -2.39. The molecule has 0 bridgehead atoms. The third kappa shape index (κ3) is 3.37. The molecule has 1 fully saturated rings. The summed E-state index contributed by atoms with van der Waals surface area (Å²) in [6.07, 6.45) is -2.48. The van der Waals surface area contributed by atoms with E-state index in [1.807, 2.05) is 6.92 Å². The summed E-state index contributed by atoms with van der Waals surface area (Å²) < 4.78 is 37.6. The van der Waals surface area contributed by atoms with Crippen molar-refractivity contribution in [2.75, 3.05) is 13.1 Å². The fraction of sp³-hybridized carbons (Fsp3) is 0.533. The van der Waals surface area contributed by atoms with Crippen LogP contribution in [0.5, 0.6) is 0 Å². The maximum atomic E-state index is 12.5. The summed E-state index contributed by atoms with van der Waals surface area (Å²) in [5.74, 6) is 0.0628. The topological polar surface area (TPSA) is 46.3 Å². The maximum Gasteiger partial charge on any atom is 0.416 e. The first kappa shape index (κ1) is 15.8. The van der Waals surface area contributed by atoms with Gasteiger partial charge in [0.05, 0.1) is 5.56 Å². The quantitative estimate of drug-likeness (QED) is 0.913. The second-order valence-corrected chi connectivity index (χ2v) is 5.50. The lowest BCUT2D eigenvalue weighted by atomic mass is 9.90. The number of benzene rings is 1. The molecule has 0 aliphatic carbocycles. The Morgan fingerprint density at radius 2 is 1.95 bits per heavy atom. The molecule has 2 unspecified atom stereocenters. The summed E-state index contributed by atoms with van der Waals surface area (Å²) in [7, 11) is 0. The van der Waals surface area contributed by atoms with Gasteiger partial charge in [0.1, 0.15) is 0 Å². The minimum atomic E-state index is -4.39. The molecule has 116 valence electrons. The van der Waals surface area contributed by atoms with Gasteiger partial charge in [0.15, 0.2) is 0 Å². The molecule has 1 aliphatic rings. The molecule has 1 amide bonds. The largest absolute Gasteiger partial charge is 0.416 e. The van der Waals surface area contributed by atoms with E-state index in [2.05, 4.69) is 0 Å². The van der Waals surface area contributed by atoms with Crippen molar-refractivity contribution in [3.63, 3.8) is 0 Å². The van der Waals surface area contributed by atoms with E-state index in [1.165, 1.54) is 12.1 Å². The molecule has 1 aromatic rings. The number of carbonyl (C=O) groups excluding carboxylic acids is 1. The molecule has 1 aliphatic heterocycles. The average molecular weight is 300 g/mol. The number of halogens is 3. The van der Waals surface area contributed by atoms with Gasteiger partial charge in [-0.1, -0.05) is 6.92 Å². The first-order valence-corrected chi connectivity index (χ1v) is 7.03. The number of amides is 1. The van der Waals surface area contributed by atoms with Gasteiger partial charge in [-0.15, -0.1) is 0 Å². The van der Waals surface area contributed by atoms with E-state index < -0.39 is 11.7 Å². The molecule has 1 aromatic carbocycles. The average Bonchev–Trinajstić information content (AvgIpc) is 2.45. The van der Waals surface area contributed by atoms with Crippen molar-refractivity contribution in [2.45, 2.75) is 32.0 Å². The van der Waals surface area contributed by atoms with Gasteiger partial charge >= 0.3 is 6.18 Å². The van der Waals surface area contributed by atoms with Crippen molar-refractivity contribution >= 4 is 5.91 Å². The van der Waals surface area contributed by atoms with Crippen LogP contribution in [-0.4, -0.2) is 29.9 Å². The zero-order chi connectivity index (χ0) is 15.6. The van der Waals surface area contributed by atoms with Gasteiger partial charge in [0.2, 0.25) is 0 Å². The highest BCUT2D eigenvalue weighted by atomic mass is 19.4. The molecule has 3 nitrogen and oxygen atoms in total. The normalized spacial score (nSPS) is 23.2. The third-order valence-electron chi connectivity index (χ3n) is 4.08. The van der Waals surface area contributed by atoms with Crippen molar-refractivity contribution in [1.82, 2.24) is 4.90 Å². The molecule has 21 heavy (non-hydrogen) atoms. The Balaban J connectivity index is 2.19. The number of carbonyl (C=O) groups is 1. The van der Waals surface area contributed by atoms with Crippen LogP contribution in [0.3, 0.4) is 0 Å². The molecular formula is C15H19F3N2O. The first-order valence-electron chi connectivity index (χ1n) is 7.03. The van der Waals surface area contributed by atoms with Crippen LogP contribution in [0.2, 0.25) is 0 Å². The molecule has 2 rings (SSSR count). The Kier molecular flexibility index (Phi) is 4.56. The predicted octanol–water partition coefficient (Wildman–Crippen LogP) is 2.90. The summed E-state index contributed by atoms with van der Waals surface area (Å²) in [6.45, 7) is 3.02. The maximum absolute atomic E-state index is 12.5. The molecule has 6 heteroatoms. The number of nitrogens with two attached hydrogens (primary N) is 1. The number of rotatable bonds is 2. The zero-order valence-electron chi connectivity index (χ0n) is 11.9. The van der Waals surface area contributed by atoms with Gasteiger partial charge in [-0.25, -0.2) is 0 Å². The number of hydrogen-bond donors (Lipinski definition) is 1. The van der Waals surface area contributed by atoms with E-state index in [1.54, 1.807) is 4.90 Å². The van der Waals surface area contributed by atoms with Gasteiger partial charge in [0.25, 0.3) is 5.91 Å². The number of likely N-dealkylation sites (tertiary alicyclic amines) is 1. The lowest BCUT2D eigenvalue weighted by molar-refractivity contribution is -0.137. The zero-order valence-corrected chi connectivity index (χ0v) is 11.9. The summed E-state index contributed by atoms with van der Waals surface area (Å²) in [5.41, 5.74) is 5.26. The van der Waals surface area contributed by atoms with Crippen LogP contribution in [0.1, 0.15) is 35.7 Å². The van der Waals surface area contributed by atoms with Crippen LogP contribution >= 0.6 is 0 Å². The number of piperidine rings is 1. The summed E-state index contributed by atoms with van der Waals surface area (Å²) >= 11 is 0. The minimum absolute atomic E-state index is 0.0476. The second kappa shape index (κ2) is 6.05. The molecule has 0 spiro atoms. The van der Waals surface area contributed by atoms with E-state index in [4.69, 9.17) is 5.73 Å². The highest BCUT2D eigenvalue weighted by Gasteiger charge is 2.33. The lowest BCUT2D eigenvalue weighted by Crippen LogP contribution is -2.51. The number of nitrogens with zero attached hydrogens (tertiary/aromatic N) is 1. The standard InChI is InChI=1S/C15H19F3N2O/c1-10-3-2-8-20(13(10)9-19)14(21)11-4-6-12(7-5-11)15(16,17)18/h4-7,10,13H,2-3,8-9,19H2,1H3. The van der Waals surface area contributed by atoms with Crippen LogP contribution in [0.4, 0.5) is 13.2 Å². The van der Waals surface area contributed by atoms with Crippen molar-refractivity contribution in [3.8, 4) is 0 Å². The van der Waals surface area contributed by atoms with Gasteiger partial charge in [-0.3, -0.25) is 4.79 Å². The van der Waals surface area contributed by atoms with E-state index >= 15 is 0 Å². The molecule has 2 N–H and O–H groups in total. The highest BCUT2D eigenvalue weighted by molar-refractivity contribution is 5.94. The summed E-state index contributed by atoms with van der Waals surface area (Å²) in [5, 5.41) is 0. The Hall–Kier alpha value is -1.56. The van der Waals surface area contributed by atoms with E-state index in [0.717, 1.165) is 25.0 Å². The molecule has 1 heterocycles. The van der Waals surface area contributed by atoms with Crippen LogP contribution in [0, 0.1) is 5.92 Å². The molecular weight excluding hydrogens is 281 g/mol. The Morgan fingerprint density at radius 3 is 2.48 bits per heavy atom. The number of alkyl halides is 3. The van der Waals surface area contributed by atoms with Crippen LogP contribution < -0.4 is 5.73 Å². The first-order chi connectivity index (χ1) is 9.84. The van der Waals surface area contributed by atoms with Crippen molar-refractivity contribution < 1.29 is 18.0 Å². The fourth-order valence-corrected chi connectivity index (χ4v) is 2.83. The van der Waals surface area contributed by atoms with Crippen LogP contribution in [0.15, 0.2) is 24.3 Å². The van der Waals surface area contributed by atoms with Crippen molar-refractivity contribution in [1.29, 1.82) is 0 Å². The second-order valence-electron chi connectivity index (χ2n) is 5.50. The Morgan fingerprint density at radius 1 is 1.33 bits per heavy atom. The number of hydrogen-bond acceptors (Lipinski definition) is 2. The van der Waals surface area contributed by atoms with Gasteiger partial charge < -0.3 is 10.6 Å². The van der Waals surface area contributed by atoms with Crippen LogP contribution in [0.25, 0.3) is 0 Å². The molecule has 0 aromatic heterocycles. The van der Waals surface area contributed by atoms with Crippen molar-refractivity contribution in [2.24, 2.45) is 11.7 Å². The smallest absolute Gasteiger partial charge is 0.334 e. The third-order valence-corrected chi connectivity index (χ3v) is 4.08. The molecule has 2 atom stereocenters. The fourth-order valence-electron chi connectivity index (χ4n) is 2.83. The van der Waals surface area contributed by atoms with Crippen LogP contribution in [-0.2, 0) is 6.18 Å². The van der Waals surface area contributed by atoms with E-state index in [0.29, 0.717) is 19.0 Å². The molecule has 0 saturated carbocycles. The molecule has 0 radical (unpaired) electrons. The molecule has 1 saturated heterocycles. The van der Waals surface area contributed by atoms with Gasteiger partial charge in [-0.05, 0) is 43.0 Å². The van der Waals surface area contributed by atoms with E-state index in [9.17, 15) is 18.0 Å². The summed E-state index contributed by atoms with van der Waals surface area (Å²) in [4.78, 5) is 14.2. The Labute approximate surface area is 121 Å². The van der Waals surface area contributed by atoms with Gasteiger partial charge in [-0.2, -0.15) is 13.2 Å². The predicted molar refractivity (Wildman–Crippen MR) is 73.7 cm³/mol. The van der Waals surface area contributed by atoms with Crippen molar-refractivity contribution in [3.05, 3.63) is 35.4 Å². The summed E-state index contributed by atoms with van der Waals surface area (Å²) in [6, 6.07) is 4.31.